The van der Waals surface area contributed by atoms with E-state index in [4.69, 9.17) is 0 Å². The fourth-order valence-corrected chi connectivity index (χ4v) is 9.48. The Morgan fingerprint density at radius 1 is 0.737 bits per heavy atom. The van der Waals surface area contributed by atoms with Crippen molar-refractivity contribution in [2.75, 3.05) is 0 Å². The van der Waals surface area contributed by atoms with E-state index < -0.39 is 16.1 Å². The predicted octanol–water partition coefficient (Wildman–Crippen LogP) is 5.25. The molecular weight excluding hydrogens is 307 g/mol. The molecule has 19 heavy (non-hydrogen) atoms. The van der Waals surface area contributed by atoms with Crippen LogP contribution in [0.4, 0.5) is 0 Å². The van der Waals surface area contributed by atoms with Gasteiger partial charge < -0.3 is 0 Å². The van der Waals surface area contributed by atoms with E-state index in [2.05, 4.69) is 63.6 Å². The molecular formula is C16H26CoSi2. The topological polar surface area (TPSA) is 0 Å². The van der Waals surface area contributed by atoms with Crippen LogP contribution in [0, 0.1) is 0 Å². The fourth-order valence-electron chi connectivity index (χ4n) is 2.50. The van der Waals surface area contributed by atoms with Gasteiger partial charge in [0.25, 0.3) is 0 Å². The van der Waals surface area contributed by atoms with Crippen LogP contribution >= 0.6 is 0 Å². The molecule has 0 unspecified atom stereocenters. The molecule has 0 nitrogen and oxygen atoms in total. The van der Waals surface area contributed by atoms with E-state index in [1.165, 1.54) is 12.8 Å². The SMILES string of the molecule is C[Si](C)(C)C1=[C]([Co][C]2=C([Si](C)(C)C)C=CC2)CC=C1. The van der Waals surface area contributed by atoms with Crippen LogP contribution in [0.5, 0.6) is 0 Å². The summed E-state index contributed by atoms with van der Waals surface area (Å²) in [5.74, 6) is 0. The molecule has 0 atom stereocenters. The normalized spacial score (nSPS) is 20.3. The molecule has 3 heteroatoms. The van der Waals surface area contributed by atoms with Gasteiger partial charge in [-0.2, -0.15) is 0 Å². The van der Waals surface area contributed by atoms with Crippen molar-refractivity contribution >= 4 is 16.1 Å². The van der Waals surface area contributed by atoms with Gasteiger partial charge in [0.05, 0.1) is 0 Å². The van der Waals surface area contributed by atoms with Crippen LogP contribution in [0.25, 0.3) is 0 Å². The maximum atomic E-state index is 2.47. The van der Waals surface area contributed by atoms with Gasteiger partial charge in [0, 0.05) is 0 Å². The van der Waals surface area contributed by atoms with Crippen molar-refractivity contribution in [3.8, 4) is 0 Å². The Hall–Kier alpha value is -0.0997. The summed E-state index contributed by atoms with van der Waals surface area (Å²) in [5.41, 5.74) is 0. The average molecular weight is 333 g/mol. The van der Waals surface area contributed by atoms with E-state index in [1.807, 2.05) is 0 Å². The van der Waals surface area contributed by atoms with E-state index in [9.17, 15) is 0 Å². The molecule has 0 aromatic rings. The minimum absolute atomic E-state index is 1.17. The van der Waals surface area contributed by atoms with Crippen LogP contribution in [0.1, 0.15) is 12.8 Å². The van der Waals surface area contributed by atoms with Gasteiger partial charge in [-0.25, -0.2) is 0 Å². The Labute approximate surface area is 126 Å². The first-order chi connectivity index (χ1) is 8.69. The standard InChI is InChI=1S/2C8H13Si.Co/c2*1-9(2,3)8-6-4-5-7-8;/h2*4,6H,5H2,1-3H3;. The summed E-state index contributed by atoms with van der Waals surface area (Å²) in [6.07, 6.45) is 11.9. The van der Waals surface area contributed by atoms with Gasteiger partial charge in [0.15, 0.2) is 0 Å². The first kappa shape index (κ1) is 15.3. The molecule has 0 radical (unpaired) electrons. The molecule has 107 valence electrons. The van der Waals surface area contributed by atoms with Crippen molar-refractivity contribution in [1.29, 1.82) is 0 Å². The summed E-state index contributed by atoms with van der Waals surface area (Å²) in [6.45, 7) is 14.8. The Morgan fingerprint density at radius 3 is 1.42 bits per heavy atom. The van der Waals surface area contributed by atoms with E-state index in [-0.39, 0.29) is 0 Å². The third-order valence-corrected chi connectivity index (χ3v) is 9.74. The Bertz CT molecular complexity index is 448. The molecule has 0 saturated heterocycles. The Kier molecular flexibility index (Phi) is 4.31. The van der Waals surface area contributed by atoms with Gasteiger partial charge >= 0.3 is 127 Å². The van der Waals surface area contributed by atoms with E-state index in [0.717, 1.165) is 0 Å². The van der Waals surface area contributed by atoms with Gasteiger partial charge in [-0.05, 0) is 0 Å². The van der Waals surface area contributed by atoms with Crippen molar-refractivity contribution in [2.45, 2.75) is 52.1 Å². The zero-order valence-electron chi connectivity index (χ0n) is 13.1. The minimum atomic E-state index is -1.17. The molecule has 0 aromatic carbocycles. The van der Waals surface area contributed by atoms with Crippen molar-refractivity contribution in [3.63, 3.8) is 0 Å². The first-order valence-corrected chi connectivity index (χ1v) is 15.1. The molecule has 2 rings (SSSR count). The van der Waals surface area contributed by atoms with Crippen LogP contribution < -0.4 is 0 Å². The molecule has 0 bridgehead atoms. The van der Waals surface area contributed by atoms with Gasteiger partial charge in [-0.3, -0.25) is 0 Å². The Morgan fingerprint density at radius 2 is 1.11 bits per heavy atom. The van der Waals surface area contributed by atoms with Crippen molar-refractivity contribution in [1.82, 2.24) is 0 Å². The second-order valence-electron chi connectivity index (χ2n) is 7.38. The Balaban J connectivity index is 2.28. The first-order valence-electron chi connectivity index (χ1n) is 7.10. The number of hydrogen-bond acceptors (Lipinski definition) is 0. The number of hydrogen-bond donors (Lipinski definition) is 0. The second kappa shape index (κ2) is 5.35. The van der Waals surface area contributed by atoms with Crippen LogP contribution in [0.15, 0.2) is 43.7 Å². The van der Waals surface area contributed by atoms with Crippen LogP contribution in [-0.4, -0.2) is 16.1 Å². The van der Waals surface area contributed by atoms with Crippen molar-refractivity contribution in [3.05, 3.63) is 43.7 Å². The maximum absolute atomic E-state index is 2.47. The second-order valence-corrected chi connectivity index (χ2v) is 19.0. The molecule has 0 N–H and O–H groups in total. The quantitative estimate of drug-likeness (QED) is 0.616. The molecule has 2 aliphatic carbocycles. The van der Waals surface area contributed by atoms with Crippen LogP contribution in [0.3, 0.4) is 0 Å². The van der Waals surface area contributed by atoms with Crippen molar-refractivity contribution < 1.29 is 14.7 Å². The molecule has 0 fully saturated rings. The molecule has 0 saturated carbocycles. The third-order valence-electron chi connectivity index (χ3n) is 3.52. The predicted molar refractivity (Wildman–Crippen MR) is 88.3 cm³/mol. The zero-order valence-corrected chi connectivity index (χ0v) is 16.1. The van der Waals surface area contributed by atoms with E-state index in [0.29, 0.717) is 0 Å². The van der Waals surface area contributed by atoms with E-state index in [1.54, 1.807) is 34.1 Å². The molecule has 0 aliphatic heterocycles. The van der Waals surface area contributed by atoms with Gasteiger partial charge in [-0.15, -0.1) is 0 Å². The number of allylic oxidation sites excluding steroid dienone is 8. The number of rotatable bonds is 4. The van der Waals surface area contributed by atoms with Crippen molar-refractivity contribution in [2.24, 2.45) is 0 Å². The van der Waals surface area contributed by atoms with E-state index >= 15 is 0 Å². The third kappa shape index (κ3) is 3.51. The summed E-state index contributed by atoms with van der Waals surface area (Å²) >= 11 is 1.56. The molecule has 0 heterocycles. The van der Waals surface area contributed by atoms with Crippen LogP contribution in [0.2, 0.25) is 39.3 Å². The van der Waals surface area contributed by atoms with Gasteiger partial charge in [-0.1, -0.05) is 0 Å². The summed E-state index contributed by atoms with van der Waals surface area (Å²) < 4.78 is 3.37. The van der Waals surface area contributed by atoms with Gasteiger partial charge in [0.1, 0.15) is 0 Å². The molecule has 0 aromatic heterocycles. The molecule has 2 aliphatic rings. The molecule has 0 spiro atoms. The van der Waals surface area contributed by atoms with Crippen LogP contribution in [-0.2, 0) is 14.7 Å². The molecule has 0 amide bonds. The van der Waals surface area contributed by atoms with Gasteiger partial charge in [0.2, 0.25) is 0 Å². The monoisotopic (exact) mass is 333 g/mol. The summed E-state index contributed by atoms with van der Waals surface area (Å²) in [4.78, 5) is 0. The fraction of sp³-hybridized carbons (Fsp3) is 0.500. The summed E-state index contributed by atoms with van der Waals surface area (Å²) in [6, 6.07) is 0. The average Bonchev–Trinajstić information content (AvgIpc) is 2.83. The summed E-state index contributed by atoms with van der Waals surface area (Å²) in [5, 5.41) is 3.39. The zero-order chi connectivity index (χ0) is 14.3. The summed E-state index contributed by atoms with van der Waals surface area (Å²) in [7, 11) is -2.35.